The highest BCUT2D eigenvalue weighted by atomic mass is 19.1. The Hall–Kier alpha value is -2.69. The number of benzene rings is 2. The van der Waals surface area contributed by atoms with E-state index in [1.54, 1.807) is 23.1 Å². The number of halogens is 1. The van der Waals surface area contributed by atoms with Gasteiger partial charge in [-0.25, -0.2) is 4.39 Å². The van der Waals surface area contributed by atoms with Gasteiger partial charge in [-0.3, -0.25) is 9.59 Å². The van der Waals surface area contributed by atoms with Crippen molar-refractivity contribution in [2.24, 2.45) is 5.92 Å². The van der Waals surface area contributed by atoms with Gasteiger partial charge < -0.3 is 10.2 Å². The molecule has 1 fully saturated rings. The number of hydrogen-bond donors (Lipinski definition) is 1. The van der Waals surface area contributed by atoms with Crippen molar-refractivity contribution < 1.29 is 14.0 Å². The number of carbonyl (C=O) groups is 2. The number of rotatable bonds is 3. The maximum atomic E-state index is 13.2. The second-order valence-electron chi connectivity index (χ2n) is 6.46. The summed E-state index contributed by atoms with van der Waals surface area (Å²) in [6, 6.07) is 13.3. The molecule has 0 spiro atoms. The smallest absolute Gasteiger partial charge is 0.253 e. The Morgan fingerprint density at radius 2 is 1.96 bits per heavy atom. The predicted octanol–water partition coefficient (Wildman–Crippen LogP) is 3.63. The molecule has 25 heavy (non-hydrogen) atoms. The number of piperidine rings is 1. The van der Waals surface area contributed by atoms with Crippen LogP contribution in [-0.2, 0) is 4.79 Å². The predicted molar refractivity (Wildman–Crippen MR) is 94.8 cm³/mol. The number of likely N-dealkylation sites (tertiary alicyclic amines) is 1. The Balaban J connectivity index is 1.66. The summed E-state index contributed by atoms with van der Waals surface area (Å²) < 4.78 is 13.2. The highest BCUT2D eigenvalue weighted by Crippen LogP contribution is 2.21. The Labute approximate surface area is 146 Å². The van der Waals surface area contributed by atoms with Crippen molar-refractivity contribution in [2.45, 2.75) is 19.8 Å². The monoisotopic (exact) mass is 340 g/mol. The van der Waals surface area contributed by atoms with E-state index in [4.69, 9.17) is 0 Å². The molecule has 1 atom stereocenters. The summed E-state index contributed by atoms with van der Waals surface area (Å²) in [7, 11) is 0. The largest absolute Gasteiger partial charge is 0.338 e. The van der Waals surface area contributed by atoms with E-state index in [2.05, 4.69) is 5.32 Å². The lowest BCUT2D eigenvalue weighted by atomic mass is 9.96. The molecule has 3 rings (SSSR count). The maximum Gasteiger partial charge on any atom is 0.253 e. The molecular weight excluding hydrogens is 319 g/mol. The number of aryl methyl sites for hydroxylation is 1. The molecule has 1 saturated heterocycles. The number of nitrogens with zero attached hydrogens (tertiary/aromatic N) is 1. The lowest BCUT2D eigenvalue weighted by Gasteiger charge is -2.32. The first kappa shape index (κ1) is 17.1. The molecule has 1 unspecified atom stereocenters. The van der Waals surface area contributed by atoms with Crippen LogP contribution in [0.4, 0.5) is 10.1 Å². The summed E-state index contributed by atoms with van der Waals surface area (Å²) in [4.78, 5) is 26.9. The molecule has 1 N–H and O–H groups in total. The van der Waals surface area contributed by atoms with Crippen LogP contribution in [0.1, 0.15) is 28.8 Å². The average molecular weight is 340 g/mol. The number of nitrogens with one attached hydrogen (secondary N) is 1. The van der Waals surface area contributed by atoms with Crippen LogP contribution in [0.25, 0.3) is 0 Å². The number of amides is 2. The zero-order chi connectivity index (χ0) is 17.8. The topological polar surface area (TPSA) is 49.4 Å². The summed E-state index contributed by atoms with van der Waals surface area (Å²) in [5.41, 5.74) is 2.11. The van der Waals surface area contributed by atoms with Crippen LogP contribution in [0.5, 0.6) is 0 Å². The SMILES string of the molecule is Cc1cccc(C(=O)N2CCCC(C(=O)Nc3cccc(F)c3)C2)c1. The van der Waals surface area contributed by atoms with Gasteiger partial charge in [-0.1, -0.05) is 23.8 Å². The van der Waals surface area contributed by atoms with Gasteiger partial charge in [0.1, 0.15) is 5.82 Å². The molecule has 1 aliphatic rings. The van der Waals surface area contributed by atoms with Gasteiger partial charge in [0.25, 0.3) is 5.91 Å². The van der Waals surface area contributed by atoms with Crippen molar-refractivity contribution in [3.8, 4) is 0 Å². The average Bonchev–Trinajstić information content (AvgIpc) is 2.61. The van der Waals surface area contributed by atoms with E-state index in [-0.39, 0.29) is 17.7 Å². The van der Waals surface area contributed by atoms with Crippen LogP contribution in [0.3, 0.4) is 0 Å². The van der Waals surface area contributed by atoms with E-state index in [1.165, 1.54) is 12.1 Å². The Kier molecular flexibility index (Phi) is 5.12. The number of anilines is 1. The van der Waals surface area contributed by atoms with Gasteiger partial charge in [-0.05, 0) is 50.1 Å². The van der Waals surface area contributed by atoms with Gasteiger partial charge in [0, 0.05) is 24.3 Å². The third-order valence-corrected chi connectivity index (χ3v) is 4.44. The van der Waals surface area contributed by atoms with Gasteiger partial charge >= 0.3 is 0 Å². The Bertz CT molecular complexity index is 791. The van der Waals surface area contributed by atoms with Crippen molar-refractivity contribution in [3.63, 3.8) is 0 Å². The number of hydrogen-bond acceptors (Lipinski definition) is 2. The Morgan fingerprint density at radius 3 is 2.72 bits per heavy atom. The molecule has 2 aromatic carbocycles. The van der Waals surface area contributed by atoms with Crippen LogP contribution in [0, 0.1) is 18.7 Å². The van der Waals surface area contributed by atoms with E-state index in [1.807, 2.05) is 25.1 Å². The summed E-state index contributed by atoms with van der Waals surface area (Å²) in [6.07, 6.45) is 1.50. The first-order valence-corrected chi connectivity index (χ1v) is 8.45. The molecule has 1 aliphatic heterocycles. The molecule has 0 aromatic heterocycles. The summed E-state index contributed by atoms with van der Waals surface area (Å²) in [5, 5.41) is 2.74. The van der Waals surface area contributed by atoms with E-state index < -0.39 is 5.82 Å². The van der Waals surface area contributed by atoms with E-state index in [0.29, 0.717) is 24.3 Å². The van der Waals surface area contributed by atoms with Crippen molar-refractivity contribution in [3.05, 3.63) is 65.5 Å². The van der Waals surface area contributed by atoms with E-state index in [0.717, 1.165) is 18.4 Å². The third kappa shape index (κ3) is 4.24. The second kappa shape index (κ2) is 7.47. The quantitative estimate of drug-likeness (QED) is 0.928. The maximum absolute atomic E-state index is 13.2. The van der Waals surface area contributed by atoms with Crippen LogP contribution in [0.15, 0.2) is 48.5 Å². The highest BCUT2D eigenvalue weighted by molar-refractivity contribution is 5.96. The summed E-state index contributed by atoms with van der Waals surface area (Å²) >= 11 is 0. The van der Waals surface area contributed by atoms with Crippen LogP contribution < -0.4 is 5.32 Å². The van der Waals surface area contributed by atoms with Crippen molar-refractivity contribution in [2.75, 3.05) is 18.4 Å². The van der Waals surface area contributed by atoms with E-state index >= 15 is 0 Å². The van der Waals surface area contributed by atoms with Crippen LogP contribution in [0.2, 0.25) is 0 Å². The highest BCUT2D eigenvalue weighted by Gasteiger charge is 2.29. The molecule has 2 amide bonds. The zero-order valence-electron chi connectivity index (χ0n) is 14.2. The molecule has 0 aliphatic carbocycles. The minimum Gasteiger partial charge on any atom is -0.338 e. The molecule has 0 saturated carbocycles. The van der Waals surface area contributed by atoms with Crippen LogP contribution >= 0.6 is 0 Å². The molecule has 5 heteroatoms. The molecule has 0 bridgehead atoms. The van der Waals surface area contributed by atoms with E-state index in [9.17, 15) is 14.0 Å². The lowest BCUT2D eigenvalue weighted by molar-refractivity contribution is -0.121. The van der Waals surface area contributed by atoms with Crippen molar-refractivity contribution in [1.29, 1.82) is 0 Å². The van der Waals surface area contributed by atoms with Gasteiger partial charge in [-0.2, -0.15) is 0 Å². The molecule has 1 heterocycles. The second-order valence-corrected chi connectivity index (χ2v) is 6.46. The molecule has 4 nitrogen and oxygen atoms in total. The van der Waals surface area contributed by atoms with Gasteiger partial charge in [0.05, 0.1) is 5.92 Å². The minimum absolute atomic E-state index is 0.0491. The fourth-order valence-corrected chi connectivity index (χ4v) is 3.15. The normalized spacial score (nSPS) is 17.2. The van der Waals surface area contributed by atoms with Gasteiger partial charge in [0.2, 0.25) is 5.91 Å². The fraction of sp³-hybridized carbons (Fsp3) is 0.300. The van der Waals surface area contributed by atoms with Gasteiger partial charge in [0.15, 0.2) is 0 Å². The molecule has 0 radical (unpaired) electrons. The van der Waals surface area contributed by atoms with Crippen molar-refractivity contribution in [1.82, 2.24) is 4.90 Å². The zero-order valence-corrected chi connectivity index (χ0v) is 14.2. The first-order chi connectivity index (χ1) is 12.0. The number of carbonyl (C=O) groups excluding carboxylic acids is 2. The molecule has 2 aromatic rings. The lowest BCUT2D eigenvalue weighted by Crippen LogP contribution is -2.43. The van der Waals surface area contributed by atoms with Crippen molar-refractivity contribution >= 4 is 17.5 Å². The molecule has 130 valence electrons. The standard InChI is InChI=1S/C20H21FN2O2/c1-14-5-2-6-15(11-14)20(25)23-10-4-7-16(13-23)19(24)22-18-9-3-8-17(21)12-18/h2-3,5-6,8-9,11-12,16H,4,7,10,13H2,1H3,(H,22,24). The Morgan fingerprint density at radius 1 is 1.16 bits per heavy atom. The van der Waals surface area contributed by atoms with Gasteiger partial charge in [-0.15, -0.1) is 0 Å². The molecular formula is C20H21FN2O2. The summed E-state index contributed by atoms with van der Waals surface area (Å²) in [5.74, 6) is -0.900. The summed E-state index contributed by atoms with van der Waals surface area (Å²) in [6.45, 7) is 2.98. The third-order valence-electron chi connectivity index (χ3n) is 4.44. The van der Waals surface area contributed by atoms with Crippen LogP contribution in [-0.4, -0.2) is 29.8 Å². The first-order valence-electron chi connectivity index (χ1n) is 8.45. The fourth-order valence-electron chi connectivity index (χ4n) is 3.15. The minimum atomic E-state index is -0.391.